The molecule has 1 aliphatic rings. The minimum atomic E-state index is 0.0158. The van der Waals surface area contributed by atoms with E-state index in [2.05, 4.69) is 6.92 Å². The summed E-state index contributed by atoms with van der Waals surface area (Å²) in [5.41, 5.74) is 6.37. The Morgan fingerprint density at radius 1 is 1.46 bits per heavy atom. The SMILES string of the molecule is CC1(Oc2ccc(Cl)cc2N)CC1. The van der Waals surface area contributed by atoms with E-state index in [1.165, 1.54) is 0 Å². The van der Waals surface area contributed by atoms with Gasteiger partial charge in [-0.15, -0.1) is 0 Å². The molecule has 1 aliphatic carbocycles. The minimum absolute atomic E-state index is 0.0158. The van der Waals surface area contributed by atoms with E-state index in [4.69, 9.17) is 22.1 Å². The van der Waals surface area contributed by atoms with Crippen molar-refractivity contribution in [1.29, 1.82) is 0 Å². The van der Waals surface area contributed by atoms with Gasteiger partial charge < -0.3 is 10.5 Å². The van der Waals surface area contributed by atoms with Crippen molar-refractivity contribution in [2.45, 2.75) is 25.4 Å². The number of rotatable bonds is 2. The van der Waals surface area contributed by atoms with Gasteiger partial charge in [-0.05, 0) is 38.0 Å². The lowest BCUT2D eigenvalue weighted by molar-refractivity contribution is 0.201. The molecule has 0 radical (unpaired) electrons. The molecule has 1 aromatic carbocycles. The highest BCUT2D eigenvalue weighted by Gasteiger charge is 2.40. The smallest absolute Gasteiger partial charge is 0.143 e. The fourth-order valence-electron chi connectivity index (χ4n) is 1.16. The van der Waals surface area contributed by atoms with Gasteiger partial charge in [0.1, 0.15) is 11.4 Å². The Bertz CT molecular complexity index is 334. The van der Waals surface area contributed by atoms with Gasteiger partial charge >= 0.3 is 0 Å². The summed E-state index contributed by atoms with van der Waals surface area (Å²) in [6, 6.07) is 5.32. The molecule has 1 saturated carbocycles. The first kappa shape index (κ1) is 8.70. The standard InChI is InChI=1S/C10H12ClNO/c1-10(4-5-10)13-9-3-2-7(11)6-8(9)12/h2-3,6H,4-5,12H2,1H3. The molecule has 0 atom stereocenters. The number of hydrogen-bond donors (Lipinski definition) is 1. The molecule has 0 saturated heterocycles. The maximum absolute atomic E-state index is 5.77. The van der Waals surface area contributed by atoms with Crippen LogP contribution in [0.3, 0.4) is 0 Å². The van der Waals surface area contributed by atoms with Gasteiger partial charge in [0.25, 0.3) is 0 Å². The highest BCUT2D eigenvalue weighted by atomic mass is 35.5. The number of benzene rings is 1. The Kier molecular flexibility index (Phi) is 1.88. The van der Waals surface area contributed by atoms with Crippen molar-refractivity contribution >= 4 is 17.3 Å². The molecule has 1 fully saturated rings. The molecule has 0 bridgehead atoms. The third kappa shape index (κ3) is 1.89. The van der Waals surface area contributed by atoms with Crippen LogP contribution in [0.4, 0.5) is 5.69 Å². The summed E-state index contributed by atoms with van der Waals surface area (Å²) in [7, 11) is 0. The van der Waals surface area contributed by atoms with Crippen molar-refractivity contribution in [1.82, 2.24) is 0 Å². The molecule has 0 amide bonds. The average molecular weight is 198 g/mol. The van der Waals surface area contributed by atoms with E-state index < -0.39 is 0 Å². The molecule has 0 aliphatic heterocycles. The van der Waals surface area contributed by atoms with E-state index in [-0.39, 0.29) is 5.60 Å². The van der Waals surface area contributed by atoms with E-state index in [0.717, 1.165) is 18.6 Å². The fourth-order valence-corrected chi connectivity index (χ4v) is 1.34. The van der Waals surface area contributed by atoms with Crippen molar-refractivity contribution in [3.63, 3.8) is 0 Å². The van der Waals surface area contributed by atoms with E-state index >= 15 is 0 Å². The third-order valence-electron chi connectivity index (χ3n) is 2.28. The lowest BCUT2D eigenvalue weighted by atomic mass is 10.3. The summed E-state index contributed by atoms with van der Waals surface area (Å²) < 4.78 is 5.71. The van der Waals surface area contributed by atoms with Crippen LogP contribution in [-0.4, -0.2) is 5.60 Å². The lowest BCUT2D eigenvalue weighted by Gasteiger charge is -2.14. The van der Waals surface area contributed by atoms with Crippen molar-refractivity contribution in [3.05, 3.63) is 23.2 Å². The second-order valence-electron chi connectivity index (χ2n) is 3.73. The quantitative estimate of drug-likeness (QED) is 0.740. The fraction of sp³-hybridized carbons (Fsp3) is 0.400. The van der Waals surface area contributed by atoms with Crippen molar-refractivity contribution in [2.24, 2.45) is 0 Å². The van der Waals surface area contributed by atoms with Gasteiger partial charge in [0.15, 0.2) is 0 Å². The monoisotopic (exact) mass is 197 g/mol. The predicted molar refractivity (Wildman–Crippen MR) is 54.1 cm³/mol. The zero-order valence-electron chi connectivity index (χ0n) is 7.51. The Balaban J connectivity index is 2.20. The molecular formula is C10H12ClNO. The van der Waals surface area contributed by atoms with Crippen LogP contribution < -0.4 is 10.5 Å². The molecule has 2 nitrogen and oxygen atoms in total. The second kappa shape index (κ2) is 2.81. The molecule has 70 valence electrons. The van der Waals surface area contributed by atoms with Crippen LogP contribution in [0.25, 0.3) is 0 Å². The summed E-state index contributed by atoms with van der Waals surface area (Å²) >= 11 is 5.77. The summed E-state index contributed by atoms with van der Waals surface area (Å²) in [5.74, 6) is 0.740. The van der Waals surface area contributed by atoms with Crippen LogP contribution in [0.2, 0.25) is 5.02 Å². The first-order valence-corrected chi connectivity index (χ1v) is 4.71. The number of halogens is 1. The largest absolute Gasteiger partial charge is 0.485 e. The molecule has 3 heteroatoms. The van der Waals surface area contributed by atoms with E-state index in [1.807, 2.05) is 6.07 Å². The van der Waals surface area contributed by atoms with Crippen LogP contribution in [0.15, 0.2) is 18.2 Å². The predicted octanol–water partition coefficient (Wildman–Crippen LogP) is 2.85. The molecule has 0 spiro atoms. The van der Waals surface area contributed by atoms with Crippen LogP contribution in [-0.2, 0) is 0 Å². The number of ether oxygens (including phenoxy) is 1. The Hall–Kier alpha value is -0.890. The number of nitrogen functional groups attached to an aromatic ring is 1. The van der Waals surface area contributed by atoms with Gasteiger partial charge in [-0.25, -0.2) is 0 Å². The maximum atomic E-state index is 5.77. The minimum Gasteiger partial charge on any atom is -0.485 e. The highest BCUT2D eigenvalue weighted by Crippen LogP contribution is 2.41. The molecule has 0 heterocycles. The van der Waals surface area contributed by atoms with E-state index in [0.29, 0.717) is 10.7 Å². The first-order chi connectivity index (χ1) is 6.09. The van der Waals surface area contributed by atoms with Crippen LogP contribution >= 0.6 is 11.6 Å². The average Bonchev–Trinajstić information content (AvgIpc) is 2.75. The molecule has 2 N–H and O–H groups in total. The zero-order valence-corrected chi connectivity index (χ0v) is 8.27. The zero-order chi connectivity index (χ0) is 9.47. The van der Waals surface area contributed by atoms with E-state index in [1.54, 1.807) is 12.1 Å². The van der Waals surface area contributed by atoms with Gasteiger partial charge in [0, 0.05) is 5.02 Å². The van der Waals surface area contributed by atoms with Crippen molar-refractivity contribution in [3.8, 4) is 5.75 Å². The maximum Gasteiger partial charge on any atom is 0.143 e. The summed E-state index contributed by atoms with van der Waals surface area (Å²) in [6.07, 6.45) is 2.21. The Morgan fingerprint density at radius 3 is 2.69 bits per heavy atom. The van der Waals surface area contributed by atoms with Crippen LogP contribution in [0, 0.1) is 0 Å². The molecular weight excluding hydrogens is 186 g/mol. The van der Waals surface area contributed by atoms with Gasteiger partial charge in [0.2, 0.25) is 0 Å². The Morgan fingerprint density at radius 2 is 2.15 bits per heavy atom. The summed E-state index contributed by atoms with van der Waals surface area (Å²) in [6.45, 7) is 2.08. The number of anilines is 1. The second-order valence-corrected chi connectivity index (χ2v) is 4.17. The van der Waals surface area contributed by atoms with Gasteiger partial charge in [-0.3, -0.25) is 0 Å². The lowest BCUT2D eigenvalue weighted by Crippen LogP contribution is -2.13. The third-order valence-corrected chi connectivity index (χ3v) is 2.52. The Labute approximate surface area is 82.6 Å². The molecule has 2 rings (SSSR count). The van der Waals surface area contributed by atoms with Gasteiger partial charge in [-0.2, -0.15) is 0 Å². The van der Waals surface area contributed by atoms with Crippen molar-refractivity contribution in [2.75, 3.05) is 5.73 Å². The number of nitrogens with two attached hydrogens (primary N) is 1. The van der Waals surface area contributed by atoms with Crippen LogP contribution in [0.1, 0.15) is 19.8 Å². The van der Waals surface area contributed by atoms with E-state index in [9.17, 15) is 0 Å². The van der Waals surface area contributed by atoms with Crippen LogP contribution in [0.5, 0.6) is 5.75 Å². The first-order valence-electron chi connectivity index (χ1n) is 4.33. The van der Waals surface area contributed by atoms with Crippen molar-refractivity contribution < 1.29 is 4.74 Å². The molecule has 0 unspecified atom stereocenters. The summed E-state index contributed by atoms with van der Waals surface area (Å²) in [5, 5.41) is 0.644. The molecule has 13 heavy (non-hydrogen) atoms. The molecule has 1 aromatic rings. The molecule has 0 aromatic heterocycles. The highest BCUT2D eigenvalue weighted by molar-refractivity contribution is 6.30. The van der Waals surface area contributed by atoms with Gasteiger partial charge in [0.05, 0.1) is 5.69 Å². The van der Waals surface area contributed by atoms with Gasteiger partial charge in [-0.1, -0.05) is 11.6 Å². The number of hydrogen-bond acceptors (Lipinski definition) is 2. The summed E-state index contributed by atoms with van der Waals surface area (Å²) in [4.78, 5) is 0. The normalized spacial score (nSPS) is 18.3. The topological polar surface area (TPSA) is 35.2 Å².